The van der Waals surface area contributed by atoms with Crippen molar-refractivity contribution in [2.45, 2.75) is 32.4 Å². The van der Waals surface area contributed by atoms with Gasteiger partial charge in [-0.25, -0.2) is 0 Å². The summed E-state index contributed by atoms with van der Waals surface area (Å²) < 4.78 is 0. The van der Waals surface area contributed by atoms with Crippen LogP contribution in [-0.2, 0) is 13.1 Å². The van der Waals surface area contributed by atoms with Crippen LogP contribution in [0.4, 0.5) is 0 Å². The molecule has 1 aliphatic heterocycles. The Kier molecular flexibility index (Phi) is 6.05. The molecule has 0 unspecified atom stereocenters. The Balaban J connectivity index is 1.84. The van der Waals surface area contributed by atoms with E-state index in [0.29, 0.717) is 0 Å². The minimum absolute atomic E-state index is 0.814. The molecule has 0 bridgehead atoms. The van der Waals surface area contributed by atoms with Crippen molar-refractivity contribution in [1.82, 2.24) is 15.1 Å². The first-order valence-electron chi connectivity index (χ1n) is 7.87. The third-order valence-electron chi connectivity index (χ3n) is 3.96. The van der Waals surface area contributed by atoms with E-state index >= 15 is 0 Å². The topological polar surface area (TPSA) is 30.9 Å². The second kappa shape index (κ2) is 8.03. The predicted molar refractivity (Wildman–Crippen MR) is 89.5 cm³/mol. The fourth-order valence-corrected chi connectivity index (χ4v) is 2.76. The number of piperidine rings is 1. The van der Waals surface area contributed by atoms with Gasteiger partial charge < -0.3 is 10.2 Å². The Morgan fingerprint density at radius 1 is 1.10 bits per heavy atom. The summed E-state index contributed by atoms with van der Waals surface area (Å²) in [5, 5.41) is 3.35. The number of rotatable bonds is 4. The number of likely N-dealkylation sites (tertiary alicyclic amines) is 1. The molecule has 0 spiro atoms. The Labute approximate surface area is 128 Å². The van der Waals surface area contributed by atoms with E-state index in [2.05, 4.69) is 39.5 Å². The monoisotopic (exact) mass is 288 g/mol. The minimum atomic E-state index is 0.814. The number of nitrogens with one attached hydrogen (secondary N) is 1. The second-order valence-electron chi connectivity index (χ2n) is 5.95. The zero-order valence-corrected chi connectivity index (χ0v) is 13.6. The van der Waals surface area contributed by atoms with E-state index < -0.39 is 0 Å². The van der Waals surface area contributed by atoms with E-state index in [1.807, 2.05) is 26.0 Å². The van der Waals surface area contributed by atoms with Crippen LogP contribution in [0.1, 0.15) is 30.4 Å². The van der Waals surface area contributed by atoms with Gasteiger partial charge in [0, 0.05) is 34.2 Å². The zero-order valence-electron chi connectivity index (χ0n) is 13.6. The average Bonchev–Trinajstić information content (AvgIpc) is 2.50. The fraction of sp³-hybridized carbons (Fsp3) is 0.588. The Morgan fingerprint density at radius 2 is 1.71 bits per heavy atom. The third-order valence-corrected chi connectivity index (χ3v) is 3.96. The van der Waals surface area contributed by atoms with Crippen molar-refractivity contribution in [2.75, 3.05) is 34.2 Å². The van der Waals surface area contributed by atoms with Gasteiger partial charge >= 0.3 is 0 Å². The normalized spacial score (nSPS) is 16.8. The number of aliphatic imine (C=N–C) groups is 1. The van der Waals surface area contributed by atoms with Crippen molar-refractivity contribution in [2.24, 2.45) is 4.99 Å². The van der Waals surface area contributed by atoms with Gasteiger partial charge in [0.15, 0.2) is 5.96 Å². The largest absolute Gasteiger partial charge is 0.352 e. The molecule has 0 aliphatic carbocycles. The molecule has 1 aliphatic rings. The molecule has 21 heavy (non-hydrogen) atoms. The van der Waals surface area contributed by atoms with Crippen LogP contribution in [0, 0.1) is 0 Å². The molecule has 0 saturated carbocycles. The second-order valence-corrected chi connectivity index (χ2v) is 5.95. The van der Waals surface area contributed by atoms with Crippen LogP contribution < -0.4 is 5.32 Å². The Bertz CT molecular complexity index is 444. The molecule has 0 radical (unpaired) electrons. The quantitative estimate of drug-likeness (QED) is 0.681. The van der Waals surface area contributed by atoms with Gasteiger partial charge in [-0.1, -0.05) is 30.7 Å². The van der Waals surface area contributed by atoms with Gasteiger partial charge in [0.2, 0.25) is 0 Å². The van der Waals surface area contributed by atoms with Gasteiger partial charge in [0.25, 0.3) is 0 Å². The highest BCUT2D eigenvalue weighted by Crippen LogP contribution is 2.13. The molecule has 1 heterocycles. The summed E-state index contributed by atoms with van der Waals surface area (Å²) in [5.74, 6) is 0.910. The van der Waals surface area contributed by atoms with Crippen LogP contribution in [-0.4, -0.2) is 50.0 Å². The first kappa shape index (κ1) is 15.8. The van der Waals surface area contributed by atoms with Crippen LogP contribution >= 0.6 is 0 Å². The molecule has 0 aromatic heterocycles. The maximum absolute atomic E-state index is 4.22. The van der Waals surface area contributed by atoms with E-state index in [1.54, 1.807) is 0 Å². The number of hydrogen-bond acceptors (Lipinski definition) is 2. The van der Waals surface area contributed by atoms with Crippen LogP contribution in [0.3, 0.4) is 0 Å². The molecule has 1 saturated heterocycles. The summed E-state index contributed by atoms with van der Waals surface area (Å²) in [5.41, 5.74) is 2.71. The summed E-state index contributed by atoms with van der Waals surface area (Å²) in [6.45, 7) is 4.41. The lowest BCUT2D eigenvalue weighted by molar-refractivity contribution is 0.221. The smallest absolute Gasteiger partial charge is 0.193 e. The molecule has 1 fully saturated rings. The molecule has 1 aromatic carbocycles. The number of benzene rings is 1. The maximum atomic E-state index is 4.22. The lowest BCUT2D eigenvalue weighted by Gasteiger charge is -2.26. The van der Waals surface area contributed by atoms with Crippen LogP contribution in [0.2, 0.25) is 0 Å². The van der Waals surface area contributed by atoms with Gasteiger partial charge in [0.1, 0.15) is 0 Å². The van der Waals surface area contributed by atoms with E-state index in [1.165, 1.54) is 43.5 Å². The highest BCUT2D eigenvalue weighted by molar-refractivity contribution is 5.79. The minimum Gasteiger partial charge on any atom is -0.352 e. The molecule has 116 valence electrons. The zero-order chi connectivity index (χ0) is 15.1. The summed E-state index contributed by atoms with van der Waals surface area (Å²) in [7, 11) is 5.80. The van der Waals surface area contributed by atoms with E-state index in [9.17, 15) is 0 Å². The molecule has 4 nitrogen and oxygen atoms in total. The lowest BCUT2D eigenvalue weighted by atomic mass is 10.1. The summed E-state index contributed by atoms with van der Waals surface area (Å²) in [6.07, 6.45) is 4.10. The van der Waals surface area contributed by atoms with Crippen LogP contribution in [0.15, 0.2) is 29.3 Å². The molecular formula is C17H28N4. The highest BCUT2D eigenvalue weighted by Gasteiger charge is 2.10. The van der Waals surface area contributed by atoms with Crippen LogP contribution in [0.5, 0.6) is 0 Å². The Hall–Kier alpha value is -1.55. The van der Waals surface area contributed by atoms with Crippen molar-refractivity contribution < 1.29 is 0 Å². The molecule has 0 atom stereocenters. The number of hydrogen-bond donors (Lipinski definition) is 1. The third kappa shape index (κ3) is 5.05. The number of guanidine groups is 1. The summed E-state index contributed by atoms with van der Waals surface area (Å²) in [4.78, 5) is 8.77. The van der Waals surface area contributed by atoms with E-state index in [-0.39, 0.29) is 0 Å². The standard InChI is InChI=1S/C17H28N4/c1-18-17(20(2)3)19-13-15-7-9-16(10-8-15)14-21-11-5-4-6-12-21/h7-10H,4-6,11-14H2,1-3H3,(H,18,19). The SMILES string of the molecule is CN=C(NCc1ccc(CN2CCCCC2)cc1)N(C)C. The van der Waals surface area contributed by atoms with Crippen molar-refractivity contribution in [1.29, 1.82) is 0 Å². The molecule has 0 amide bonds. The molecule has 1 N–H and O–H groups in total. The molecule has 2 rings (SSSR count). The van der Waals surface area contributed by atoms with Crippen molar-refractivity contribution in [3.05, 3.63) is 35.4 Å². The van der Waals surface area contributed by atoms with Gasteiger partial charge in [0.05, 0.1) is 0 Å². The molecule has 1 aromatic rings. The maximum Gasteiger partial charge on any atom is 0.193 e. The van der Waals surface area contributed by atoms with Crippen molar-refractivity contribution in [3.8, 4) is 0 Å². The van der Waals surface area contributed by atoms with E-state index in [4.69, 9.17) is 0 Å². The predicted octanol–water partition coefficient (Wildman–Crippen LogP) is 2.31. The Morgan fingerprint density at radius 3 is 2.29 bits per heavy atom. The first-order valence-corrected chi connectivity index (χ1v) is 7.87. The van der Waals surface area contributed by atoms with Gasteiger partial charge in [-0.05, 0) is 37.1 Å². The fourth-order valence-electron chi connectivity index (χ4n) is 2.76. The van der Waals surface area contributed by atoms with Crippen molar-refractivity contribution in [3.63, 3.8) is 0 Å². The van der Waals surface area contributed by atoms with Gasteiger partial charge in [-0.2, -0.15) is 0 Å². The lowest BCUT2D eigenvalue weighted by Crippen LogP contribution is -2.35. The molecule has 4 heteroatoms. The van der Waals surface area contributed by atoms with Gasteiger partial charge in [-0.15, -0.1) is 0 Å². The highest BCUT2D eigenvalue weighted by atomic mass is 15.3. The molecular weight excluding hydrogens is 260 g/mol. The van der Waals surface area contributed by atoms with E-state index in [0.717, 1.165) is 19.0 Å². The first-order chi connectivity index (χ1) is 10.2. The van der Waals surface area contributed by atoms with Gasteiger partial charge in [-0.3, -0.25) is 9.89 Å². The summed E-state index contributed by atoms with van der Waals surface area (Å²) in [6, 6.07) is 8.94. The average molecular weight is 288 g/mol. The summed E-state index contributed by atoms with van der Waals surface area (Å²) >= 11 is 0. The van der Waals surface area contributed by atoms with Crippen LogP contribution in [0.25, 0.3) is 0 Å². The van der Waals surface area contributed by atoms with Crippen molar-refractivity contribution >= 4 is 5.96 Å². The number of nitrogens with zero attached hydrogens (tertiary/aromatic N) is 3.